The molecule has 3 heterocycles. The minimum absolute atomic E-state index is 0.0514. The molecule has 1 aliphatic heterocycles. The van der Waals surface area contributed by atoms with Gasteiger partial charge in [0.1, 0.15) is 11.8 Å². The number of carbonyl (C=O) groups is 2. The van der Waals surface area contributed by atoms with Crippen molar-refractivity contribution in [2.45, 2.75) is 39.5 Å². The summed E-state index contributed by atoms with van der Waals surface area (Å²) >= 11 is 0. The van der Waals surface area contributed by atoms with Crippen molar-refractivity contribution in [3.05, 3.63) is 71.3 Å². The molecular weight excluding hydrogens is 484 g/mol. The van der Waals surface area contributed by atoms with E-state index in [9.17, 15) is 14.7 Å². The third-order valence-corrected chi connectivity index (χ3v) is 6.87. The summed E-state index contributed by atoms with van der Waals surface area (Å²) in [5.74, 6) is -0.317. The number of aryl methyl sites for hydroxylation is 2. The van der Waals surface area contributed by atoms with E-state index in [-0.39, 0.29) is 36.5 Å². The Bertz CT molecular complexity index is 1280. The second-order valence-electron chi connectivity index (χ2n) is 10.1. The SMILES string of the molecule is Cc1cc(C(=O)Nc2cccc3c2O[C@H](CN(C)Cc2ccncc2)[C@@H](C)CN([C@@H](C)CO)C3=O)n(C)n1. The molecule has 0 saturated carbocycles. The molecule has 0 radical (unpaired) electrons. The summed E-state index contributed by atoms with van der Waals surface area (Å²) in [6, 6.07) is 10.4. The highest BCUT2D eigenvalue weighted by Crippen LogP contribution is 2.35. The Hall–Kier alpha value is -3.76. The number of likely N-dealkylation sites (N-methyl/N-ethyl adjacent to an activating group) is 1. The zero-order valence-corrected chi connectivity index (χ0v) is 22.6. The lowest BCUT2D eigenvalue weighted by Crippen LogP contribution is -2.49. The number of aliphatic hydroxyl groups is 1. The first-order valence-corrected chi connectivity index (χ1v) is 12.8. The summed E-state index contributed by atoms with van der Waals surface area (Å²) in [6.45, 7) is 7.25. The van der Waals surface area contributed by atoms with Gasteiger partial charge in [-0.3, -0.25) is 24.2 Å². The number of benzene rings is 1. The van der Waals surface area contributed by atoms with Crippen LogP contribution in [0, 0.1) is 12.8 Å². The maximum Gasteiger partial charge on any atom is 0.274 e. The van der Waals surface area contributed by atoms with Crippen LogP contribution in [0.1, 0.15) is 46.0 Å². The summed E-state index contributed by atoms with van der Waals surface area (Å²) in [5.41, 5.74) is 3.01. The summed E-state index contributed by atoms with van der Waals surface area (Å²) in [4.78, 5) is 34.8. The normalized spacial score (nSPS) is 18.4. The quantitative estimate of drug-likeness (QED) is 0.470. The molecule has 0 unspecified atom stereocenters. The van der Waals surface area contributed by atoms with Crippen molar-refractivity contribution in [1.82, 2.24) is 24.6 Å². The summed E-state index contributed by atoms with van der Waals surface area (Å²) in [5, 5.41) is 17.1. The van der Waals surface area contributed by atoms with Gasteiger partial charge < -0.3 is 20.1 Å². The monoisotopic (exact) mass is 520 g/mol. The number of aliphatic hydroxyl groups excluding tert-OH is 1. The van der Waals surface area contributed by atoms with Crippen molar-refractivity contribution in [3.63, 3.8) is 0 Å². The van der Waals surface area contributed by atoms with E-state index < -0.39 is 0 Å². The highest BCUT2D eigenvalue weighted by atomic mass is 16.5. The van der Waals surface area contributed by atoms with E-state index in [1.165, 1.54) is 4.68 Å². The zero-order valence-electron chi connectivity index (χ0n) is 22.6. The van der Waals surface area contributed by atoms with Gasteiger partial charge in [-0.25, -0.2) is 0 Å². The van der Waals surface area contributed by atoms with E-state index in [4.69, 9.17) is 4.74 Å². The fourth-order valence-corrected chi connectivity index (χ4v) is 4.74. The van der Waals surface area contributed by atoms with Crippen LogP contribution in [0.15, 0.2) is 48.8 Å². The Morgan fingerprint density at radius 1 is 1.29 bits per heavy atom. The Balaban J connectivity index is 1.68. The summed E-state index contributed by atoms with van der Waals surface area (Å²) in [7, 11) is 3.73. The molecule has 1 aliphatic rings. The molecule has 2 aromatic heterocycles. The molecule has 4 rings (SSSR count). The number of hydrogen-bond acceptors (Lipinski definition) is 7. The van der Waals surface area contributed by atoms with Crippen LogP contribution < -0.4 is 10.1 Å². The smallest absolute Gasteiger partial charge is 0.274 e. The molecule has 1 aromatic carbocycles. The van der Waals surface area contributed by atoms with Crippen molar-refractivity contribution >= 4 is 17.5 Å². The van der Waals surface area contributed by atoms with Gasteiger partial charge in [-0.2, -0.15) is 5.10 Å². The predicted octanol–water partition coefficient (Wildman–Crippen LogP) is 2.73. The number of rotatable bonds is 8. The summed E-state index contributed by atoms with van der Waals surface area (Å²) in [6.07, 6.45) is 3.25. The number of fused-ring (bicyclic) bond motifs is 1. The maximum atomic E-state index is 13.7. The summed E-state index contributed by atoms with van der Waals surface area (Å²) < 4.78 is 8.11. The first kappa shape index (κ1) is 27.3. The minimum Gasteiger partial charge on any atom is -0.486 e. The first-order chi connectivity index (χ1) is 18.2. The number of pyridine rings is 1. The highest BCUT2D eigenvalue weighted by molar-refractivity contribution is 6.06. The van der Waals surface area contributed by atoms with Crippen molar-refractivity contribution in [3.8, 4) is 5.75 Å². The van der Waals surface area contributed by atoms with Gasteiger partial charge in [0.2, 0.25) is 0 Å². The molecule has 0 aliphatic carbocycles. The molecule has 10 nitrogen and oxygen atoms in total. The molecule has 2 N–H and O–H groups in total. The lowest BCUT2D eigenvalue weighted by atomic mass is 9.99. The zero-order chi connectivity index (χ0) is 27.4. The van der Waals surface area contributed by atoms with Crippen LogP contribution in [-0.2, 0) is 13.6 Å². The molecule has 3 atom stereocenters. The van der Waals surface area contributed by atoms with Gasteiger partial charge in [0.15, 0.2) is 5.75 Å². The van der Waals surface area contributed by atoms with Gasteiger partial charge in [0.05, 0.1) is 29.6 Å². The number of amides is 2. The van der Waals surface area contributed by atoms with Crippen LogP contribution in [0.2, 0.25) is 0 Å². The van der Waals surface area contributed by atoms with Crippen molar-refractivity contribution in [1.29, 1.82) is 0 Å². The van der Waals surface area contributed by atoms with Crippen LogP contribution in [0.25, 0.3) is 0 Å². The molecule has 0 fully saturated rings. The van der Waals surface area contributed by atoms with E-state index in [0.29, 0.717) is 42.3 Å². The number of nitrogens with one attached hydrogen (secondary N) is 1. The molecule has 0 bridgehead atoms. The number of hydrogen-bond donors (Lipinski definition) is 2. The van der Waals surface area contributed by atoms with Gasteiger partial charge >= 0.3 is 0 Å². The molecule has 10 heteroatoms. The van der Waals surface area contributed by atoms with Gasteiger partial charge in [-0.1, -0.05) is 13.0 Å². The van der Waals surface area contributed by atoms with E-state index in [1.54, 1.807) is 48.6 Å². The number of aromatic nitrogens is 3. The molecule has 0 saturated heterocycles. The van der Waals surface area contributed by atoms with Crippen LogP contribution in [0.4, 0.5) is 5.69 Å². The Morgan fingerprint density at radius 3 is 2.68 bits per heavy atom. The van der Waals surface area contributed by atoms with Crippen LogP contribution in [0.5, 0.6) is 5.75 Å². The standard InChI is InChI=1S/C28H36N6O4/c1-18-14-34(20(3)17-35)28(37)22-7-6-8-23(30-27(36)24-13-19(2)31-33(24)5)26(22)38-25(18)16-32(4)15-21-9-11-29-12-10-21/h6-13,18,20,25,35H,14-17H2,1-5H3,(H,30,36)/t18-,20-,25+/m0/s1. The van der Waals surface area contributed by atoms with Gasteiger partial charge in [0.25, 0.3) is 11.8 Å². The van der Waals surface area contributed by atoms with E-state index in [1.807, 2.05) is 40.0 Å². The third-order valence-electron chi connectivity index (χ3n) is 6.87. The van der Waals surface area contributed by atoms with Crippen molar-refractivity contribution < 1.29 is 19.4 Å². The van der Waals surface area contributed by atoms with Crippen LogP contribution in [-0.4, -0.2) is 80.4 Å². The second-order valence-corrected chi connectivity index (χ2v) is 10.1. The lowest BCUT2D eigenvalue weighted by molar-refractivity contribution is 0.0343. The number of carbonyl (C=O) groups excluding carboxylic acids is 2. The second kappa shape index (κ2) is 11.7. The van der Waals surface area contributed by atoms with Crippen molar-refractivity contribution in [2.24, 2.45) is 13.0 Å². The van der Waals surface area contributed by atoms with Crippen LogP contribution >= 0.6 is 0 Å². The Morgan fingerprint density at radius 2 is 2.03 bits per heavy atom. The van der Waals surface area contributed by atoms with E-state index >= 15 is 0 Å². The number of anilines is 1. The maximum absolute atomic E-state index is 13.7. The van der Waals surface area contributed by atoms with Gasteiger partial charge in [-0.05, 0) is 56.8 Å². The molecule has 3 aromatic rings. The van der Waals surface area contributed by atoms with Gasteiger partial charge in [0, 0.05) is 45.0 Å². The topological polar surface area (TPSA) is 113 Å². The number of para-hydroxylation sites is 1. The molecule has 0 spiro atoms. The van der Waals surface area contributed by atoms with Gasteiger partial charge in [-0.15, -0.1) is 0 Å². The molecule has 38 heavy (non-hydrogen) atoms. The largest absolute Gasteiger partial charge is 0.486 e. The molecule has 202 valence electrons. The Labute approximate surface area is 223 Å². The van der Waals surface area contributed by atoms with Crippen molar-refractivity contribution in [2.75, 3.05) is 32.1 Å². The molecular formula is C28H36N6O4. The number of nitrogens with zero attached hydrogens (tertiary/aromatic N) is 5. The lowest BCUT2D eigenvalue weighted by Gasteiger charge is -2.38. The Kier molecular flexibility index (Phi) is 8.43. The fourth-order valence-electron chi connectivity index (χ4n) is 4.74. The molecule has 2 amide bonds. The predicted molar refractivity (Wildman–Crippen MR) is 144 cm³/mol. The fraction of sp³-hybridized carbons (Fsp3) is 0.429. The van der Waals surface area contributed by atoms with Crippen LogP contribution in [0.3, 0.4) is 0 Å². The average Bonchev–Trinajstić information content (AvgIpc) is 3.24. The average molecular weight is 521 g/mol. The minimum atomic E-state index is -0.373. The van der Waals surface area contributed by atoms with E-state index in [0.717, 1.165) is 11.3 Å². The number of ether oxygens (including phenoxy) is 1. The first-order valence-electron chi connectivity index (χ1n) is 12.8. The van der Waals surface area contributed by atoms with E-state index in [2.05, 4.69) is 20.3 Å². The third kappa shape index (κ3) is 6.03. The highest BCUT2D eigenvalue weighted by Gasteiger charge is 2.34.